The molecule has 6 heteroatoms. The number of anilines is 1. The molecule has 4 nitrogen and oxygen atoms in total. The average molecular weight is 369 g/mol. The van der Waals surface area contributed by atoms with Crippen LogP contribution in [0.25, 0.3) is 0 Å². The lowest BCUT2D eigenvalue weighted by atomic mass is 10.1. The van der Waals surface area contributed by atoms with Gasteiger partial charge in [-0.25, -0.2) is 8.42 Å². The molecular weight excluding hydrogens is 352 g/mol. The molecule has 0 aliphatic rings. The molecule has 0 heterocycles. The Bertz CT molecular complexity index is 743. The summed E-state index contributed by atoms with van der Waals surface area (Å²) < 4.78 is 27.0. The second-order valence-electron chi connectivity index (χ2n) is 4.94. The van der Waals surface area contributed by atoms with Crippen molar-refractivity contribution in [3.63, 3.8) is 0 Å². The first-order chi connectivity index (χ1) is 9.80. The maximum atomic E-state index is 12.6. The zero-order chi connectivity index (χ0) is 15.6. The van der Waals surface area contributed by atoms with Crippen molar-refractivity contribution >= 4 is 31.6 Å². The van der Waals surface area contributed by atoms with Crippen molar-refractivity contribution in [2.45, 2.75) is 18.4 Å². The van der Waals surface area contributed by atoms with Gasteiger partial charge in [0.2, 0.25) is 10.0 Å². The van der Waals surface area contributed by atoms with Gasteiger partial charge >= 0.3 is 0 Å². The van der Waals surface area contributed by atoms with Crippen LogP contribution in [0.15, 0.2) is 51.8 Å². The summed E-state index contributed by atoms with van der Waals surface area (Å²) in [4.78, 5) is 0.214. The molecular formula is C15H17BrN2O2S. The quantitative estimate of drug-likeness (QED) is 0.842. The summed E-state index contributed by atoms with van der Waals surface area (Å²) in [6.07, 6.45) is 0. The number of nitrogens with two attached hydrogens (primary N) is 1. The van der Waals surface area contributed by atoms with Gasteiger partial charge < -0.3 is 5.73 Å². The van der Waals surface area contributed by atoms with Gasteiger partial charge in [-0.3, -0.25) is 0 Å². The van der Waals surface area contributed by atoms with Gasteiger partial charge in [0.15, 0.2) is 0 Å². The molecule has 2 aromatic carbocycles. The van der Waals surface area contributed by atoms with E-state index in [1.54, 1.807) is 19.2 Å². The van der Waals surface area contributed by atoms with E-state index >= 15 is 0 Å². The molecule has 0 saturated carbocycles. The summed E-state index contributed by atoms with van der Waals surface area (Å²) in [6.45, 7) is 2.31. The number of aryl methyl sites for hydroxylation is 1. The molecule has 0 bridgehead atoms. The van der Waals surface area contributed by atoms with Gasteiger partial charge in [0.05, 0.1) is 4.90 Å². The largest absolute Gasteiger partial charge is 0.399 e. The molecule has 0 saturated heterocycles. The molecule has 0 spiro atoms. The van der Waals surface area contributed by atoms with Crippen LogP contribution in [0.1, 0.15) is 11.1 Å². The number of hydrogen-bond donors (Lipinski definition) is 1. The van der Waals surface area contributed by atoms with E-state index in [0.29, 0.717) is 16.7 Å². The van der Waals surface area contributed by atoms with Crippen molar-refractivity contribution in [3.05, 3.63) is 58.1 Å². The molecule has 0 radical (unpaired) electrons. The molecule has 112 valence electrons. The van der Waals surface area contributed by atoms with Crippen LogP contribution in [-0.4, -0.2) is 19.8 Å². The van der Waals surface area contributed by atoms with Crippen molar-refractivity contribution in [1.29, 1.82) is 0 Å². The number of nitrogens with zero attached hydrogens (tertiary/aromatic N) is 1. The number of rotatable bonds is 4. The van der Waals surface area contributed by atoms with E-state index in [1.165, 1.54) is 10.4 Å². The molecule has 0 aliphatic heterocycles. The van der Waals surface area contributed by atoms with Gasteiger partial charge in [-0.2, -0.15) is 4.31 Å². The normalized spacial score (nSPS) is 11.8. The smallest absolute Gasteiger partial charge is 0.244 e. The molecule has 0 aliphatic carbocycles. The SMILES string of the molecule is Cc1ccc(CN(C)S(=O)(=O)c2ccc(N)cc2Br)cc1. The van der Waals surface area contributed by atoms with Crippen LogP contribution in [0.4, 0.5) is 5.69 Å². The highest BCUT2D eigenvalue weighted by Crippen LogP contribution is 2.27. The fraction of sp³-hybridized carbons (Fsp3) is 0.200. The molecule has 0 aromatic heterocycles. The second-order valence-corrected chi connectivity index (χ2v) is 7.80. The van der Waals surface area contributed by atoms with Gasteiger partial charge in [-0.1, -0.05) is 29.8 Å². The fourth-order valence-corrected chi connectivity index (χ4v) is 4.14. The third-order valence-electron chi connectivity index (χ3n) is 3.17. The maximum absolute atomic E-state index is 12.6. The Morgan fingerprint density at radius 1 is 1.14 bits per heavy atom. The van der Waals surface area contributed by atoms with Gasteiger partial charge in [-0.15, -0.1) is 0 Å². The van der Waals surface area contributed by atoms with Crippen molar-refractivity contribution in [1.82, 2.24) is 4.31 Å². The summed E-state index contributed by atoms with van der Waals surface area (Å²) >= 11 is 3.26. The van der Waals surface area contributed by atoms with Crippen LogP contribution in [0.2, 0.25) is 0 Å². The van der Waals surface area contributed by atoms with Gasteiger partial charge in [0.1, 0.15) is 0 Å². The van der Waals surface area contributed by atoms with E-state index in [9.17, 15) is 8.42 Å². The minimum Gasteiger partial charge on any atom is -0.399 e. The van der Waals surface area contributed by atoms with E-state index in [-0.39, 0.29) is 4.90 Å². The van der Waals surface area contributed by atoms with Crippen molar-refractivity contribution in [2.75, 3.05) is 12.8 Å². The molecule has 2 aromatic rings. The summed E-state index contributed by atoms with van der Waals surface area (Å²) in [6, 6.07) is 12.5. The Morgan fingerprint density at radius 2 is 1.76 bits per heavy atom. The molecule has 21 heavy (non-hydrogen) atoms. The first-order valence-corrected chi connectivity index (χ1v) is 8.61. The predicted octanol–water partition coefficient (Wildman–Crippen LogP) is 3.16. The topological polar surface area (TPSA) is 63.4 Å². The van der Waals surface area contributed by atoms with Gasteiger partial charge in [0.25, 0.3) is 0 Å². The first-order valence-electron chi connectivity index (χ1n) is 6.37. The van der Waals surface area contributed by atoms with Crippen LogP contribution in [0, 0.1) is 6.92 Å². The standard InChI is InChI=1S/C15H17BrN2O2S/c1-11-3-5-12(6-4-11)10-18(2)21(19,20)15-8-7-13(17)9-14(15)16/h3-9H,10,17H2,1-2H3. The van der Waals surface area contributed by atoms with Crippen LogP contribution in [-0.2, 0) is 16.6 Å². The molecule has 0 atom stereocenters. The average Bonchev–Trinajstić information content (AvgIpc) is 2.40. The number of sulfonamides is 1. The first kappa shape index (κ1) is 16.0. The molecule has 0 unspecified atom stereocenters. The predicted molar refractivity (Wildman–Crippen MR) is 88.4 cm³/mol. The Hall–Kier alpha value is -1.37. The Morgan fingerprint density at radius 3 is 2.33 bits per heavy atom. The monoisotopic (exact) mass is 368 g/mol. The van der Waals surface area contributed by atoms with Crippen LogP contribution >= 0.6 is 15.9 Å². The number of nitrogen functional groups attached to an aromatic ring is 1. The number of halogens is 1. The lowest BCUT2D eigenvalue weighted by Crippen LogP contribution is -2.26. The zero-order valence-electron chi connectivity index (χ0n) is 11.9. The number of hydrogen-bond acceptors (Lipinski definition) is 3. The van der Waals surface area contributed by atoms with Crippen LogP contribution in [0.5, 0.6) is 0 Å². The molecule has 0 amide bonds. The van der Waals surface area contributed by atoms with E-state index < -0.39 is 10.0 Å². The van der Waals surface area contributed by atoms with Crippen molar-refractivity contribution in [2.24, 2.45) is 0 Å². The van der Waals surface area contributed by atoms with Gasteiger partial charge in [-0.05, 0) is 46.6 Å². The fourth-order valence-electron chi connectivity index (χ4n) is 1.93. The minimum absolute atomic E-state index is 0.214. The Kier molecular flexibility index (Phi) is 4.70. The second kappa shape index (κ2) is 6.17. The van der Waals surface area contributed by atoms with Crippen molar-refractivity contribution < 1.29 is 8.42 Å². The summed E-state index contributed by atoms with van der Waals surface area (Å²) in [5, 5.41) is 0. The minimum atomic E-state index is -3.56. The molecule has 0 fully saturated rings. The van der Waals surface area contributed by atoms with E-state index in [2.05, 4.69) is 15.9 Å². The number of benzene rings is 2. The van der Waals surface area contributed by atoms with Crippen molar-refractivity contribution in [3.8, 4) is 0 Å². The third kappa shape index (κ3) is 3.64. The summed E-state index contributed by atoms with van der Waals surface area (Å²) in [7, 11) is -2.00. The highest BCUT2D eigenvalue weighted by Gasteiger charge is 2.23. The van der Waals surface area contributed by atoms with E-state index in [4.69, 9.17) is 5.73 Å². The lowest BCUT2D eigenvalue weighted by Gasteiger charge is -2.18. The summed E-state index contributed by atoms with van der Waals surface area (Å²) in [5.74, 6) is 0. The highest BCUT2D eigenvalue weighted by molar-refractivity contribution is 9.10. The molecule has 2 rings (SSSR count). The van der Waals surface area contributed by atoms with Crippen LogP contribution in [0.3, 0.4) is 0 Å². The zero-order valence-corrected chi connectivity index (χ0v) is 14.3. The third-order valence-corrected chi connectivity index (χ3v) is 5.95. The van der Waals surface area contributed by atoms with Gasteiger partial charge in [0, 0.05) is 23.8 Å². The highest BCUT2D eigenvalue weighted by atomic mass is 79.9. The maximum Gasteiger partial charge on any atom is 0.244 e. The Labute approximate surface area is 133 Å². The Balaban J connectivity index is 2.28. The van der Waals surface area contributed by atoms with E-state index in [1.807, 2.05) is 31.2 Å². The molecule has 2 N–H and O–H groups in total. The van der Waals surface area contributed by atoms with Crippen LogP contribution < -0.4 is 5.73 Å². The summed E-state index contributed by atoms with van der Waals surface area (Å²) in [5.41, 5.74) is 8.25. The lowest BCUT2D eigenvalue weighted by molar-refractivity contribution is 0.466. The van der Waals surface area contributed by atoms with E-state index in [0.717, 1.165) is 11.1 Å².